The first kappa shape index (κ1) is 20.9. The minimum absolute atomic E-state index is 0.0156. The van der Waals surface area contributed by atoms with Crippen LogP contribution in [0.2, 0.25) is 0 Å². The SMILES string of the molecule is CC(C)CC(=O)OC[C@@H]1CCC([C@]2(C)CCCC(C)(C)C2)=C2C[C@@H]3C(=O)O[C@@H]3[C@H]21. The van der Waals surface area contributed by atoms with Gasteiger partial charge in [0, 0.05) is 18.3 Å². The van der Waals surface area contributed by atoms with Gasteiger partial charge in [0.05, 0.1) is 12.5 Å². The molecule has 0 amide bonds. The highest BCUT2D eigenvalue weighted by Gasteiger charge is 2.59. The molecule has 3 fully saturated rings. The Morgan fingerprint density at radius 2 is 2.00 bits per heavy atom. The lowest BCUT2D eigenvalue weighted by Gasteiger charge is -2.48. The van der Waals surface area contributed by atoms with Gasteiger partial charge < -0.3 is 9.47 Å². The van der Waals surface area contributed by atoms with Crippen molar-refractivity contribution in [2.75, 3.05) is 6.61 Å². The summed E-state index contributed by atoms with van der Waals surface area (Å²) in [5, 5.41) is 0. The van der Waals surface area contributed by atoms with Crippen molar-refractivity contribution in [3.63, 3.8) is 0 Å². The van der Waals surface area contributed by atoms with Crippen LogP contribution in [0.25, 0.3) is 0 Å². The fourth-order valence-corrected chi connectivity index (χ4v) is 6.92. The number of ether oxygens (including phenoxy) is 2. The van der Waals surface area contributed by atoms with Crippen molar-refractivity contribution in [2.45, 2.75) is 92.1 Å². The number of hydrogen-bond acceptors (Lipinski definition) is 4. The molecule has 5 atom stereocenters. The summed E-state index contributed by atoms with van der Waals surface area (Å²) >= 11 is 0. The van der Waals surface area contributed by atoms with Crippen molar-refractivity contribution >= 4 is 11.9 Å². The van der Waals surface area contributed by atoms with Crippen molar-refractivity contribution in [3.05, 3.63) is 11.1 Å². The van der Waals surface area contributed by atoms with Crippen LogP contribution in [-0.4, -0.2) is 24.6 Å². The third-order valence-corrected chi connectivity index (χ3v) is 8.02. The molecule has 3 aliphatic carbocycles. The fourth-order valence-electron chi connectivity index (χ4n) is 6.92. The zero-order chi connectivity index (χ0) is 21.0. The molecule has 0 aromatic rings. The van der Waals surface area contributed by atoms with Gasteiger partial charge in [0.1, 0.15) is 6.10 Å². The maximum atomic E-state index is 12.1. The predicted molar refractivity (Wildman–Crippen MR) is 112 cm³/mol. The maximum Gasteiger partial charge on any atom is 0.313 e. The number of fused-ring (bicyclic) bond motifs is 3. The zero-order valence-electron chi connectivity index (χ0n) is 18.9. The molecule has 162 valence electrons. The molecule has 0 N–H and O–H groups in total. The molecule has 1 saturated heterocycles. The molecule has 0 spiro atoms. The highest BCUT2D eigenvalue weighted by atomic mass is 16.6. The molecule has 4 aliphatic rings. The van der Waals surface area contributed by atoms with Crippen LogP contribution < -0.4 is 0 Å². The van der Waals surface area contributed by atoms with Gasteiger partial charge in [0.2, 0.25) is 0 Å². The van der Waals surface area contributed by atoms with E-state index in [-0.39, 0.29) is 41.2 Å². The van der Waals surface area contributed by atoms with Gasteiger partial charge in [-0.3, -0.25) is 9.59 Å². The topological polar surface area (TPSA) is 52.6 Å². The Kier molecular flexibility index (Phi) is 5.36. The van der Waals surface area contributed by atoms with Crippen molar-refractivity contribution < 1.29 is 19.1 Å². The van der Waals surface area contributed by atoms with E-state index in [9.17, 15) is 9.59 Å². The van der Waals surface area contributed by atoms with Crippen molar-refractivity contribution in [1.29, 1.82) is 0 Å². The lowest BCUT2D eigenvalue weighted by Crippen LogP contribution is -2.47. The van der Waals surface area contributed by atoms with E-state index >= 15 is 0 Å². The molecule has 2 saturated carbocycles. The van der Waals surface area contributed by atoms with Crippen molar-refractivity contribution in [2.24, 2.45) is 34.5 Å². The minimum Gasteiger partial charge on any atom is -0.465 e. The van der Waals surface area contributed by atoms with E-state index in [0.717, 1.165) is 19.3 Å². The minimum atomic E-state index is -0.0996. The smallest absolute Gasteiger partial charge is 0.313 e. The number of allylic oxidation sites excluding steroid dienone is 1. The molecule has 0 bridgehead atoms. The third kappa shape index (κ3) is 3.88. The molecule has 0 radical (unpaired) electrons. The van der Waals surface area contributed by atoms with Crippen LogP contribution in [0, 0.1) is 34.5 Å². The highest BCUT2D eigenvalue weighted by Crippen LogP contribution is 2.59. The molecular formula is C25H38O4. The second-order valence-corrected chi connectivity index (χ2v) is 11.6. The van der Waals surface area contributed by atoms with Crippen molar-refractivity contribution in [3.8, 4) is 0 Å². The highest BCUT2D eigenvalue weighted by molar-refractivity contribution is 5.80. The number of esters is 2. The summed E-state index contributed by atoms with van der Waals surface area (Å²) in [6, 6.07) is 0. The molecule has 29 heavy (non-hydrogen) atoms. The van der Waals surface area contributed by atoms with Gasteiger partial charge in [-0.15, -0.1) is 0 Å². The van der Waals surface area contributed by atoms with Crippen LogP contribution in [0.1, 0.15) is 86.0 Å². The Bertz CT molecular complexity index is 718. The van der Waals surface area contributed by atoms with E-state index in [2.05, 4.69) is 20.8 Å². The Balaban J connectivity index is 1.57. The standard InChI is InChI=1S/C25H38O4/c1-15(2)11-20(26)28-13-16-7-8-19(25(5)10-6-9-24(3,4)14-25)17-12-18-22(21(16)17)29-23(18)27/h15-16,18,21-22H,6-14H2,1-5H3/t16-,18-,21-,22-,25+/m0/s1. The van der Waals surface area contributed by atoms with Gasteiger partial charge in [0.15, 0.2) is 0 Å². The Labute approximate surface area is 175 Å². The van der Waals surface area contributed by atoms with Gasteiger partial charge in [-0.2, -0.15) is 0 Å². The maximum absolute atomic E-state index is 12.1. The predicted octanol–water partition coefficient (Wildman–Crippen LogP) is 5.45. The lowest BCUT2D eigenvalue weighted by atomic mass is 9.58. The van der Waals surface area contributed by atoms with Crippen molar-refractivity contribution in [1.82, 2.24) is 0 Å². The number of hydrogen-bond donors (Lipinski definition) is 0. The van der Waals surface area contributed by atoms with Gasteiger partial charge in [0.25, 0.3) is 0 Å². The molecule has 4 nitrogen and oxygen atoms in total. The molecule has 0 aromatic heterocycles. The molecule has 0 unspecified atom stereocenters. The second kappa shape index (κ2) is 7.42. The molecule has 1 aliphatic heterocycles. The largest absolute Gasteiger partial charge is 0.465 e. The summed E-state index contributed by atoms with van der Waals surface area (Å²) in [5.74, 6) is 0.771. The quantitative estimate of drug-likeness (QED) is 0.453. The summed E-state index contributed by atoms with van der Waals surface area (Å²) < 4.78 is 11.3. The average Bonchev–Trinajstić information content (AvgIpc) is 2.91. The summed E-state index contributed by atoms with van der Waals surface area (Å²) in [6.45, 7) is 11.8. The molecule has 4 rings (SSSR count). The van der Waals surface area contributed by atoms with Crippen LogP contribution in [0.3, 0.4) is 0 Å². The third-order valence-electron chi connectivity index (χ3n) is 8.02. The summed E-state index contributed by atoms with van der Waals surface area (Å²) in [5.41, 5.74) is 3.72. The lowest BCUT2D eigenvalue weighted by molar-refractivity contribution is -0.187. The zero-order valence-corrected chi connectivity index (χ0v) is 18.9. The van der Waals surface area contributed by atoms with E-state index in [1.807, 2.05) is 13.8 Å². The monoisotopic (exact) mass is 402 g/mol. The van der Waals surface area contributed by atoms with E-state index in [1.165, 1.54) is 31.3 Å². The van der Waals surface area contributed by atoms with Gasteiger partial charge in [-0.05, 0) is 55.3 Å². The molecule has 4 heteroatoms. The Morgan fingerprint density at radius 3 is 2.66 bits per heavy atom. The number of carbonyl (C=O) groups excluding carboxylic acids is 2. The first-order chi connectivity index (χ1) is 13.6. The van der Waals surface area contributed by atoms with Crippen LogP contribution >= 0.6 is 0 Å². The van der Waals surface area contributed by atoms with Gasteiger partial charge in [-0.1, -0.05) is 52.2 Å². The summed E-state index contributed by atoms with van der Waals surface area (Å²) in [6.07, 6.45) is 8.54. The van der Waals surface area contributed by atoms with Crippen LogP contribution in [0.15, 0.2) is 11.1 Å². The number of rotatable bonds is 5. The fraction of sp³-hybridized carbons (Fsp3) is 0.840. The summed E-state index contributed by atoms with van der Waals surface area (Å²) in [7, 11) is 0. The van der Waals surface area contributed by atoms with E-state index in [1.54, 1.807) is 5.57 Å². The average molecular weight is 403 g/mol. The van der Waals surface area contributed by atoms with Crippen LogP contribution in [0.4, 0.5) is 0 Å². The number of carbonyl (C=O) groups is 2. The van der Waals surface area contributed by atoms with Crippen LogP contribution in [0.5, 0.6) is 0 Å². The Hall–Kier alpha value is -1.32. The molecule has 1 heterocycles. The van der Waals surface area contributed by atoms with Crippen LogP contribution in [-0.2, 0) is 19.1 Å². The van der Waals surface area contributed by atoms with E-state index in [0.29, 0.717) is 24.4 Å². The molecular weight excluding hydrogens is 364 g/mol. The van der Waals surface area contributed by atoms with E-state index in [4.69, 9.17) is 9.47 Å². The van der Waals surface area contributed by atoms with Gasteiger partial charge >= 0.3 is 11.9 Å². The van der Waals surface area contributed by atoms with E-state index < -0.39 is 0 Å². The first-order valence-corrected chi connectivity index (χ1v) is 11.7. The Morgan fingerprint density at radius 1 is 1.24 bits per heavy atom. The summed E-state index contributed by atoms with van der Waals surface area (Å²) in [4.78, 5) is 24.2. The second-order valence-electron chi connectivity index (χ2n) is 11.6. The van der Waals surface area contributed by atoms with Gasteiger partial charge in [-0.25, -0.2) is 0 Å². The normalized spacial score (nSPS) is 38.2. The first-order valence-electron chi connectivity index (χ1n) is 11.7. The molecule has 0 aromatic carbocycles.